The van der Waals surface area contributed by atoms with Crippen molar-refractivity contribution in [1.29, 1.82) is 0 Å². The predicted molar refractivity (Wildman–Crippen MR) is 78.8 cm³/mol. The molecule has 2 N–H and O–H groups in total. The largest absolute Gasteiger partial charge is 0.481 e. The highest BCUT2D eigenvalue weighted by atomic mass is 35.5. The summed E-state index contributed by atoms with van der Waals surface area (Å²) in [7, 11) is 0. The SMILES string of the molecule is CC(Oc1cc(Cl)cc(Cl)c1)C(=O)NC1CC(C(=O)O)C1. The van der Waals surface area contributed by atoms with Crippen LogP contribution in [0.1, 0.15) is 19.8 Å². The highest BCUT2D eigenvalue weighted by molar-refractivity contribution is 6.34. The van der Waals surface area contributed by atoms with Crippen molar-refractivity contribution in [3.8, 4) is 5.75 Å². The van der Waals surface area contributed by atoms with E-state index >= 15 is 0 Å². The molecule has 2 rings (SSSR count). The first-order valence-electron chi connectivity index (χ1n) is 6.51. The molecule has 1 aromatic carbocycles. The van der Waals surface area contributed by atoms with E-state index in [1.807, 2.05) is 0 Å². The molecule has 1 amide bonds. The van der Waals surface area contributed by atoms with Crippen LogP contribution in [0, 0.1) is 5.92 Å². The van der Waals surface area contributed by atoms with Gasteiger partial charge in [0, 0.05) is 16.1 Å². The normalized spacial score (nSPS) is 22.0. The zero-order valence-electron chi connectivity index (χ0n) is 11.3. The van der Waals surface area contributed by atoms with Crippen LogP contribution >= 0.6 is 23.2 Å². The van der Waals surface area contributed by atoms with Crippen LogP contribution in [-0.4, -0.2) is 29.1 Å². The Morgan fingerprint density at radius 1 is 1.29 bits per heavy atom. The summed E-state index contributed by atoms with van der Waals surface area (Å²) in [5.74, 6) is -1.07. The second-order valence-corrected chi connectivity index (χ2v) is 5.95. The standard InChI is InChI=1S/C14H15Cl2NO4/c1-7(21-12-5-9(15)4-10(16)6-12)13(18)17-11-2-8(3-11)14(19)20/h4-8,11H,2-3H2,1H3,(H,17,18)(H,19,20). The number of benzene rings is 1. The van der Waals surface area contributed by atoms with Gasteiger partial charge in [0.05, 0.1) is 5.92 Å². The van der Waals surface area contributed by atoms with Gasteiger partial charge in [0.1, 0.15) is 5.75 Å². The Bertz CT molecular complexity index is 538. The van der Waals surface area contributed by atoms with Gasteiger partial charge in [0.15, 0.2) is 6.10 Å². The number of hydrogen-bond acceptors (Lipinski definition) is 3. The Balaban J connectivity index is 1.84. The molecule has 0 spiro atoms. The highest BCUT2D eigenvalue weighted by Gasteiger charge is 2.36. The van der Waals surface area contributed by atoms with Crippen LogP contribution in [-0.2, 0) is 9.59 Å². The van der Waals surface area contributed by atoms with Gasteiger partial charge in [0.2, 0.25) is 0 Å². The zero-order valence-corrected chi connectivity index (χ0v) is 12.8. The average Bonchev–Trinajstić information content (AvgIpc) is 2.30. The van der Waals surface area contributed by atoms with Gasteiger partial charge >= 0.3 is 5.97 Å². The second kappa shape index (κ2) is 6.54. The van der Waals surface area contributed by atoms with Crippen LogP contribution in [0.2, 0.25) is 10.0 Å². The van der Waals surface area contributed by atoms with Gasteiger partial charge in [-0.1, -0.05) is 23.2 Å². The van der Waals surface area contributed by atoms with Crippen molar-refractivity contribution >= 4 is 35.1 Å². The van der Waals surface area contributed by atoms with E-state index in [9.17, 15) is 9.59 Å². The van der Waals surface area contributed by atoms with Gasteiger partial charge < -0.3 is 15.2 Å². The van der Waals surface area contributed by atoms with Crippen molar-refractivity contribution in [3.63, 3.8) is 0 Å². The minimum atomic E-state index is -0.821. The molecule has 0 heterocycles. The lowest BCUT2D eigenvalue weighted by molar-refractivity contribution is -0.146. The van der Waals surface area contributed by atoms with Gasteiger partial charge in [-0.3, -0.25) is 9.59 Å². The van der Waals surface area contributed by atoms with Crippen LogP contribution in [0.15, 0.2) is 18.2 Å². The number of carbonyl (C=O) groups excluding carboxylic acids is 1. The van der Waals surface area contributed by atoms with E-state index in [0.717, 1.165) is 0 Å². The molecule has 1 aromatic rings. The first-order chi connectivity index (χ1) is 9.85. The predicted octanol–water partition coefficient (Wildman–Crippen LogP) is 2.74. The molecule has 7 heteroatoms. The van der Waals surface area contributed by atoms with Crippen LogP contribution in [0.5, 0.6) is 5.75 Å². The fourth-order valence-corrected chi connectivity index (χ4v) is 2.62. The molecule has 0 aliphatic heterocycles. The number of nitrogens with one attached hydrogen (secondary N) is 1. The van der Waals surface area contributed by atoms with Gasteiger partial charge in [-0.25, -0.2) is 0 Å². The van der Waals surface area contributed by atoms with Gasteiger partial charge in [-0.05, 0) is 38.0 Å². The molecule has 1 saturated carbocycles. The number of rotatable bonds is 5. The molecular formula is C14H15Cl2NO4. The molecule has 1 unspecified atom stereocenters. The van der Waals surface area contributed by atoms with Gasteiger partial charge in [-0.2, -0.15) is 0 Å². The zero-order chi connectivity index (χ0) is 15.6. The van der Waals surface area contributed by atoms with E-state index in [4.69, 9.17) is 33.0 Å². The van der Waals surface area contributed by atoms with Crippen LogP contribution < -0.4 is 10.1 Å². The molecule has 1 aliphatic rings. The Hall–Kier alpha value is -1.46. The van der Waals surface area contributed by atoms with Crippen molar-refractivity contribution in [2.24, 2.45) is 5.92 Å². The molecule has 21 heavy (non-hydrogen) atoms. The number of carboxylic acid groups (broad SMARTS) is 1. The van der Waals surface area contributed by atoms with Gasteiger partial charge in [-0.15, -0.1) is 0 Å². The van der Waals surface area contributed by atoms with Crippen LogP contribution in [0.3, 0.4) is 0 Å². The summed E-state index contributed by atoms with van der Waals surface area (Å²) in [4.78, 5) is 22.6. The summed E-state index contributed by atoms with van der Waals surface area (Å²) in [5, 5.41) is 12.4. The lowest BCUT2D eigenvalue weighted by Gasteiger charge is -2.33. The molecular weight excluding hydrogens is 317 g/mol. The molecule has 0 bridgehead atoms. The molecule has 0 radical (unpaired) electrons. The van der Waals surface area contributed by atoms with E-state index < -0.39 is 12.1 Å². The van der Waals surface area contributed by atoms with Crippen molar-refractivity contribution in [2.45, 2.75) is 31.9 Å². The first-order valence-corrected chi connectivity index (χ1v) is 7.26. The third-order valence-corrected chi connectivity index (χ3v) is 3.79. The maximum atomic E-state index is 11.9. The number of carbonyl (C=O) groups is 2. The molecule has 5 nitrogen and oxygen atoms in total. The summed E-state index contributed by atoms with van der Waals surface area (Å²) in [6.07, 6.45) is 0.191. The first kappa shape index (κ1) is 15.9. The molecule has 114 valence electrons. The van der Waals surface area contributed by atoms with Crippen molar-refractivity contribution in [2.75, 3.05) is 0 Å². The number of hydrogen-bond donors (Lipinski definition) is 2. The van der Waals surface area contributed by atoms with Crippen LogP contribution in [0.4, 0.5) is 0 Å². The van der Waals surface area contributed by atoms with E-state index in [2.05, 4.69) is 5.32 Å². The Morgan fingerprint density at radius 2 is 1.86 bits per heavy atom. The Labute approximate surface area is 132 Å². The number of carboxylic acids is 1. The third kappa shape index (κ3) is 4.25. The molecule has 0 aromatic heterocycles. The lowest BCUT2D eigenvalue weighted by atomic mass is 9.80. The monoisotopic (exact) mass is 331 g/mol. The Kier molecular flexibility index (Phi) is 4.96. The maximum absolute atomic E-state index is 11.9. The quantitative estimate of drug-likeness (QED) is 0.869. The van der Waals surface area contributed by atoms with Crippen molar-refractivity contribution in [1.82, 2.24) is 5.32 Å². The minimum absolute atomic E-state index is 0.104. The maximum Gasteiger partial charge on any atom is 0.306 e. The highest BCUT2D eigenvalue weighted by Crippen LogP contribution is 2.28. The molecule has 1 fully saturated rings. The van der Waals surface area contributed by atoms with E-state index in [1.54, 1.807) is 25.1 Å². The lowest BCUT2D eigenvalue weighted by Crippen LogP contribution is -2.50. The smallest absolute Gasteiger partial charge is 0.306 e. The molecule has 1 atom stereocenters. The summed E-state index contributed by atoms with van der Waals surface area (Å²) in [6.45, 7) is 1.61. The summed E-state index contributed by atoms with van der Waals surface area (Å²) in [5.41, 5.74) is 0. The number of aliphatic carboxylic acids is 1. The fourth-order valence-electron chi connectivity index (χ4n) is 2.11. The van der Waals surface area contributed by atoms with Gasteiger partial charge in [0.25, 0.3) is 5.91 Å². The summed E-state index contributed by atoms with van der Waals surface area (Å²) >= 11 is 11.7. The third-order valence-electron chi connectivity index (χ3n) is 3.35. The van der Waals surface area contributed by atoms with Crippen LogP contribution in [0.25, 0.3) is 0 Å². The number of ether oxygens (including phenoxy) is 1. The van der Waals surface area contributed by atoms with Crippen molar-refractivity contribution in [3.05, 3.63) is 28.2 Å². The van der Waals surface area contributed by atoms with Crippen molar-refractivity contribution < 1.29 is 19.4 Å². The topological polar surface area (TPSA) is 75.6 Å². The Morgan fingerprint density at radius 3 is 2.38 bits per heavy atom. The molecule has 0 saturated heterocycles. The van der Waals surface area contributed by atoms with E-state index in [1.165, 1.54) is 0 Å². The second-order valence-electron chi connectivity index (χ2n) is 5.08. The summed E-state index contributed by atoms with van der Waals surface area (Å²) in [6, 6.07) is 4.61. The number of halogens is 2. The average molecular weight is 332 g/mol. The number of amides is 1. The minimum Gasteiger partial charge on any atom is -0.481 e. The fraction of sp³-hybridized carbons (Fsp3) is 0.429. The summed E-state index contributed by atoms with van der Waals surface area (Å²) < 4.78 is 5.48. The van der Waals surface area contributed by atoms with E-state index in [-0.39, 0.29) is 17.9 Å². The molecule has 1 aliphatic carbocycles. The van der Waals surface area contributed by atoms with E-state index in [0.29, 0.717) is 28.6 Å².